The molecule has 0 bridgehead atoms. The molecule has 0 aromatic carbocycles. The molecule has 1 aliphatic rings. The lowest BCUT2D eigenvalue weighted by molar-refractivity contribution is 0.389. The quantitative estimate of drug-likeness (QED) is 0.584. The molecule has 1 aliphatic carbocycles. The highest BCUT2D eigenvalue weighted by Gasteiger charge is 2.19. The highest BCUT2D eigenvalue weighted by molar-refractivity contribution is 5.05. The van der Waals surface area contributed by atoms with Crippen molar-refractivity contribution >= 4 is 0 Å². The second-order valence-electron chi connectivity index (χ2n) is 4.98. The number of nitrogens with zero attached hydrogens (tertiary/aromatic N) is 2. The van der Waals surface area contributed by atoms with Gasteiger partial charge in [-0.3, -0.25) is 16.0 Å². The van der Waals surface area contributed by atoms with Gasteiger partial charge in [0.15, 0.2) is 0 Å². The molecule has 1 saturated carbocycles. The summed E-state index contributed by atoms with van der Waals surface area (Å²) in [7, 11) is 1.95. The first-order valence-electron chi connectivity index (χ1n) is 6.21. The fraction of sp³-hybridized carbons (Fsp3) is 0.750. The predicted molar refractivity (Wildman–Crippen MR) is 64.6 cm³/mol. The second-order valence-corrected chi connectivity index (χ2v) is 4.98. The topological polar surface area (TPSA) is 55.9 Å². The molecule has 4 heteroatoms. The van der Waals surface area contributed by atoms with E-state index in [1.54, 1.807) is 0 Å². The third-order valence-corrected chi connectivity index (χ3v) is 3.57. The molecule has 1 aromatic rings. The van der Waals surface area contributed by atoms with Gasteiger partial charge in [-0.2, -0.15) is 5.10 Å². The minimum atomic E-state index is 0.396. The molecule has 1 heterocycles. The molecule has 1 fully saturated rings. The molecule has 0 aliphatic heterocycles. The van der Waals surface area contributed by atoms with Crippen LogP contribution in [-0.2, 0) is 13.5 Å². The van der Waals surface area contributed by atoms with Crippen LogP contribution in [0.5, 0.6) is 0 Å². The van der Waals surface area contributed by atoms with E-state index in [2.05, 4.69) is 16.7 Å². The third kappa shape index (κ3) is 3.06. The van der Waals surface area contributed by atoms with E-state index < -0.39 is 0 Å². The molecular formula is C12H22N4. The van der Waals surface area contributed by atoms with Gasteiger partial charge in [0.2, 0.25) is 0 Å². The molecule has 1 unspecified atom stereocenters. The highest BCUT2D eigenvalue weighted by atomic mass is 15.2. The van der Waals surface area contributed by atoms with Crippen molar-refractivity contribution in [1.82, 2.24) is 15.2 Å². The Balaban J connectivity index is 1.84. The predicted octanol–water partition coefficient (Wildman–Crippen LogP) is 1.37. The van der Waals surface area contributed by atoms with Crippen molar-refractivity contribution < 1.29 is 0 Å². The minimum Gasteiger partial charge on any atom is -0.276 e. The Kier molecular flexibility index (Phi) is 3.96. The first kappa shape index (κ1) is 11.6. The molecule has 16 heavy (non-hydrogen) atoms. The summed E-state index contributed by atoms with van der Waals surface area (Å²) >= 11 is 0. The number of rotatable bonds is 5. The first-order valence-corrected chi connectivity index (χ1v) is 6.21. The molecule has 1 atom stereocenters. The maximum absolute atomic E-state index is 5.63. The maximum Gasteiger partial charge on any atom is 0.0522 e. The zero-order valence-corrected chi connectivity index (χ0v) is 10.0. The average molecular weight is 222 g/mol. The van der Waals surface area contributed by atoms with E-state index in [-0.39, 0.29) is 0 Å². The monoisotopic (exact) mass is 222 g/mol. The number of hydrogen-bond acceptors (Lipinski definition) is 3. The van der Waals surface area contributed by atoms with E-state index in [9.17, 15) is 0 Å². The summed E-state index contributed by atoms with van der Waals surface area (Å²) in [6, 6.07) is 0.396. The van der Waals surface area contributed by atoms with Crippen LogP contribution in [-0.4, -0.2) is 15.8 Å². The lowest BCUT2D eigenvalue weighted by atomic mass is 9.95. The van der Waals surface area contributed by atoms with Crippen molar-refractivity contribution in [2.45, 2.75) is 44.6 Å². The summed E-state index contributed by atoms with van der Waals surface area (Å²) in [4.78, 5) is 0. The van der Waals surface area contributed by atoms with Crippen LogP contribution in [0.15, 0.2) is 12.4 Å². The third-order valence-electron chi connectivity index (χ3n) is 3.57. The largest absolute Gasteiger partial charge is 0.276 e. The van der Waals surface area contributed by atoms with Gasteiger partial charge >= 0.3 is 0 Å². The van der Waals surface area contributed by atoms with E-state index in [0.29, 0.717) is 6.04 Å². The van der Waals surface area contributed by atoms with Crippen molar-refractivity contribution in [3.8, 4) is 0 Å². The molecule has 90 valence electrons. The molecule has 4 nitrogen and oxygen atoms in total. The minimum absolute atomic E-state index is 0.396. The fourth-order valence-corrected chi connectivity index (χ4v) is 2.72. The van der Waals surface area contributed by atoms with E-state index in [1.165, 1.54) is 37.7 Å². The van der Waals surface area contributed by atoms with Gasteiger partial charge in [-0.25, -0.2) is 0 Å². The first-order chi connectivity index (χ1) is 7.78. The summed E-state index contributed by atoms with van der Waals surface area (Å²) in [5, 5.41) is 4.18. The standard InChI is InChI=1S/C12H22N4/c1-16-9-11(8-14-16)7-12(15-13)6-10-4-2-3-5-10/h8-10,12,15H,2-7,13H2,1H3. The average Bonchev–Trinajstić information content (AvgIpc) is 2.89. The Bertz CT molecular complexity index is 315. The Morgan fingerprint density at radius 3 is 2.88 bits per heavy atom. The van der Waals surface area contributed by atoms with E-state index in [4.69, 9.17) is 5.84 Å². The van der Waals surface area contributed by atoms with E-state index >= 15 is 0 Å². The van der Waals surface area contributed by atoms with E-state index in [1.807, 2.05) is 17.9 Å². The summed E-state index contributed by atoms with van der Waals surface area (Å²) in [6.45, 7) is 0. The van der Waals surface area contributed by atoms with Crippen LogP contribution in [0.4, 0.5) is 0 Å². The van der Waals surface area contributed by atoms with E-state index in [0.717, 1.165) is 12.3 Å². The lowest BCUT2D eigenvalue weighted by Gasteiger charge is -2.18. The Labute approximate surface area is 97.2 Å². The fourth-order valence-electron chi connectivity index (χ4n) is 2.72. The summed E-state index contributed by atoms with van der Waals surface area (Å²) < 4.78 is 1.85. The Hall–Kier alpha value is -0.870. The van der Waals surface area contributed by atoms with Gasteiger partial charge in [-0.1, -0.05) is 25.7 Å². The van der Waals surface area contributed by atoms with Crippen LogP contribution in [0.25, 0.3) is 0 Å². The number of aryl methyl sites for hydroxylation is 1. The number of hydrogen-bond donors (Lipinski definition) is 2. The molecular weight excluding hydrogens is 200 g/mol. The SMILES string of the molecule is Cn1cc(CC(CC2CCCC2)NN)cn1. The molecule has 1 aromatic heterocycles. The van der Waals surface area contributed by atoms with Gasteiger partial charge in [-0.15, -0.1) is 0 Å². The van der Waals surface area contributed by atoms with Crippen LogP contribution in [0, 0.1) is 5.92 Å². The molecule has 0 amide bonds. The highest BCUT2D eigenvalue weighted by Crippen LogP contribution is 2.29. The smallest absolute Gasteiger partial charge is 0.0522 e. The van der Waals surface area contributed by atoms with Crippen LogP contribution >= 0.6 is 0 Å². The summed E-state index contributed by atoms with van der Waals surface area (Å²) in [5.41, 5.74) is 4.22. The Morgan fingerprint density at radius 1 is 1.56 bits per heavy atom. The van der Waals surface area contributed by atoms with Crippen molar-refractivity contribution in [2.24, 2.45) is 18.8 Å². The van der Waals surface area contributed by atoms with Gasteiger partial charge in [0.05, 0.1) is 6.20 Å². The molecule has 2 rings (SSSR count). The van der Waals surface area contributed by atoms with Crippen LogP contribution in [0.2, 0.25) is 0 Å². The second kappa shape index (κ2) is 5.46. The number of nitrogens with two attached hydrogens (primary N) is 1. The summed E-state index contributed by atoms with van der Waals surface area (Å²) in [6.07, 6.45) is 11.7. The molecule has 0 spiro atoms. The normalized spacial score (nSPS) is 19.1. The Morgan fingerprint density at radius 2 is 2.31 bits per heavy atom. The number of hydrazine groups is 1. The zero-order valence-electron chi connectivity index (χ0n) is 10.0. The van der Waals surface area contributed by atoms with Gasteiger partial charge < -0.3 is 0 Å². The van der Waals surface area contributed by atoms with Crippen molar-refractivity contribution in [2.75, 3.05) is 0 Å². The van der Waals surface area contributed by atoms with Gasteiger partial charge in [-0.05, 0) is 24.3 Å². The van der Waals surface area contributed by atoms with Crippen molar-refractivity contribution in [3.05, 3.63) is 18.0 Å². The van der Waals surface area contributed by atoms with Crippen LogP contribution in [0.3, 0.4) is 0 Å². The maximum atomic E-state index is 5.63. The number of nitrogens with one attached hydrogen (secondary N) is 1. The number of aromatic nitrogens is 2. The van der Waals surface area contributed by atoms with Crippen LogP contribution in [0.1, 0.15) is 37.7 Å². The van der Waals surface area contributed by atoms with Gasteiger partial charge in [0.1, 0.15) is 0 Å². The molecule has 0 saturated heterocycles. The lowest BCUT2D eigenvalue weighted by Crippen LogP contribution is -2.38. The van der Waals surface area contributed by atoms with Gasteiger partial charge in [0.25, 0.3) is 0 Å². The molecule has 3 N–H and O–H groups in total. The summed E-state index contributed by atoms with van der Waals surface area (Å²) in [5.74, 6) is 6.50. The molecule has 0 radical (unpaired) electrons. The van der Waals surface area contributed by atoms with Crippen molar-refractivity contribution in [1.29, 1.82) is 0 Å². The van der Waals surface area contributed by atoms with Crippen LogP contribution < -0.4 is 11.3 Å². The van der Waals surface area contributed by atoms with Crippen molar-refractivity contribution in [3.63, 3.8) is 0 Å². The van der Waals surface area contributed by atoms with Gasteiger partial charge in [0, 0.05) is 19.3 Å². The zero-order chi connectivity index (χ0) is 11.4.